The maximum Gasteiger partial charge on any atom is 0.217 e. The van der Waals surface area contributed by atoms with E-state index in [0.717, 1.165) is 5.57 Å². The van der Waals surface area contributed by atoms with E-state index in [9.17, 15) is 8.42 Å². The topological polar surface area (TPSA) is 72.6 Å². The van der Waals surface area contributed by atoms with Gasteiger partial charge in [0.1, 0.15) is 12.4 Å². The normalized spacial score (nSPS) is 11.5. The molecule has 1 aromatic rings. The van der Waals surface area contributed by atoms with Gasteiger partial charge in [0.05, 0.1) is 5.75 Å². The highest BCUT2D eigenvalue weighted by atomic mass is 32.2. The zero-order valence-electron chi connectivity index (χ0n) is 11.3. The van der Waals surface area contributed by atoms with Gasteiger partial charge in [0, 0.05) is 25.3 Å². The Morgan fingerprint density at radius 3 is 2.74 bits per heavy atom. The summed E-state index contributed by atoms with van der Waals surface area (Å²) in [6, 6.07) is 6.89. The van der Waals surface area contributed by atoms with Gasteiger partial charge in [0.25, 0.3) is 0 Å². The van der Waals surface area contributed by atoms with Crippen LogP contribution in [0.5, 0.6) is 5.75 Å². The van der Waals surface area contributed by atoms with E-state index >= 15 is 0 Å². The minimum Gasteiger partial charge on any atom is -0.492 e. The van der Waals surface area contributed by atoms with Crippen molar-refractivity contribution in [2.75, 3.05) is 31.7 Å². The fraction of sp³-hybridized carbons (Fsp3) is 0.385. The molecule has 106 valence electrons. The summed E-state index contributed by atoms with van der Waals surface area (Å²) in [6.45, 7) is 5.89. The van der Waals surface area contributed by atoms with Gasteiger partial charge in [-0.25, -0.2) is 12.7 Å². The second-order valence-corrected chi connectivity index (χ2v) is 6.65. The Hall–Kier alpha value is -1.53. The number of likely N-dealkylation sites (N-methyl/N-ethyl adjacent to an activating group) is 1. The number of nitrogens with zero attached hydrogens (tertiary/aromatic N) is 1. The Kier molecular flexibility index (Phi) is 5.38. The molecule has 6 heteroatoms. The molecule has 0 spiro atoms. The highest BCUT2D eigenvalue weighted by molar-refractivity contribution is 7.89. The first-order valence-corrected chi connectivity index (χ1v) is 7.49. The van der Waals surface area contributed by atoms with Gasteiger partial charge >= 0.3 is 0 Å². The molecule has 0 atom stereocenters. The summed E-state index contributed by atoms with van der Waals surface area (Å²) in [7, 11) is -1.79. The van der Waals surface area contributed by atoms with E-state index in [2.05, 4.69) is 6.58 Å². The van der Waals surface area contributed by atoms with Crippen LogP contribution < -0.4 is 10.5 Å². The first-order valence-electron chi connectivity index (χ1n) is 5.88. The lowest BCUT2D eigenvalue weighted by Gasteiger charge is -2.17. The average Bonchev–Trinajstić information content (AvgIpc) is 2.27. The van der Waals surface area contributed by atoms with Gasteiger partial charge in [-0.2, -0.15) is 0 Å². The second-order valence-electron chi connectivity index (χ2n) is 4.45. The summed E-state index contributed by atoms with van der Waals surface area (Å²) in [5.41, 5.74) is 6.98. The fourth-order valence-corrected chi connectivity index (χ4v) is 2.53. The molecule has 0 radical (unpaired) electrons. The summed E-state index contributed by atoms with van der Waals surface area (Å²) in [5, 5.41) is 0. The predicted octanol–water partition coefficient (Wildman–Crippen LogP) is 1.49. The first kappa shape index (κ1) is 15.5. The monoisotopic (exact) mass is 284 g/mol. The third-order valence-corrected chi connectivity index (χ3v) is 4.20. The number of benzene rings is 1. The van der Waals surface area contributed by atoms with Gasteiger partial charge < -0.3 is 10.5 Å². The van der Waals surface area contributed by atoms with Crippen LogP contribution in [0.4, 0.5) is 5.69 Å². The molecule has 0 aliphatic rings. The van der Waals surface area contributed by atoms with Crippen molar-refractivity contribution in [3.8, 4) is 5.75 Å². The number of ether oxygens (including phenoxy) is 1. The van der Waals surface area contributed by atoms with Crippen LogP contribution >= 0.6 is 0 Å². The van der Waals surface area contributed by atoms with Crippen LogP contribution in [-0.4, -0.2) is 38.7 Å². The van der Waals surface area contributed by atoms with E-state index in [0.29, 0.717) is 18.0 Å². The van der Waals surface area contributed by atoms with Crippen LogP contribution in [-0.2, 0) is 10.0 Å². The van der Waals surface area contributed by atoms with Crippen molar-refractivity contribution in [2.24, 2.45) is 0 Å². The average molecular weight is 284 g/mol. The highest BCUT2D eigenvalue weighted by Crippen LogP contribution is 2.14. The van der Waals surface area contributed by atoms with E-state index < -0.39 is 10.0 Å². The number of nitrogen functional groups attached to an aromatic ring is 1. The van der Waals surface area contributed by atoms with Gasteiger partial charge in [0.15, 0.2) is 0 Å². The summed E-state index contributed by atoms with van der Waals surface area (Å²) in [4.78, 5) is 0. The van der Waals surface area contributed by atoms with Crippen LogP contribution in [0, 0.1) is 0 Å². The third-order valence-electron chi connectivity index (χ3n) is 2.44. The van der Waals surface area contributed by atoms with Crippen LogP contribution in [0.3, 0.4) is 0 Å². The Morgan fingerprint density at radius 1 is 1.47 bits per heavy atom. The van der Waals surface area contributed by atoms with Gasteiger partial charge in [0.2, 0.25) is 10.0 Å². The van der Waals surface area contributed by atoms with Crippen molar-refractivity contribution in [1.29, 1.82) is 0 Å². The van der Waals surface area contributed by atoms with Gasteiger partial charge in [-0.3, -0.25) is 0 Å². The molecule has 0 unspecified atom stereocenters. The van der Waals surface area contributed by atoms with Crippen LogP contribution in [0.25, 0.3) is 0 Å². The third kappa shape index (κ3) is 5.32. The molecule has 2 N–H and O–H groups in total. The maximum absolute atomic E-state index is 11.9. The molecule has 1 aromatic carbocycles. The lowest BCUT2D eigenvalue weighted by molar-refractivity contribution is 0.337. The molecule has 0 saturated carbocycles. The van der Waals surface area contributed by atoms with E-state index in [4.69, 9.17) is 10.5 Å². The number of hydrogen-bond donors (Lipinski definition) is 1. The Balaban J connectivity index is 2.50. The van der Waals surface area contributed by atoms with Crippen molar-refractivity contribution in [3.05, 3.63) is 36.4 Å². The fourth-order valence-electron chi connectivity index (χ4n) is 1.50. The molecule has 0 aliphatic heterocycles. The Bertz CT molecular complexity index is 541. The van der Waals surface area contributed by atoms with E-state index in [-0.39, 0.29) is 12.4 Å². The smallest absolute Gasteiger partial charge is 0.217 e. The molecule has 0 aliphatic carbocycles. The van der Waals surface area contributed by atoms with Crippen LogP contribution in [0.15, 0.2) is 36.4 Å². The molecular weight excluding hydrogens is 264 g/mol. The van der Waals surface area contributed by atoms with Crippen molar-refractivity contribution in [2.45, 2.75) is 6.92 Å². The molecule has 0 fully saturated rings. The zero-order valence-corrected chi connectivity index (χ0v) is 12.1. The SMILES string of the molecule is C=C(C)CN(C)S(=O)(=O)CCOc1cccc(N)c1. The molecule has 0 bridgehead atoms. The zero-order chi connectivity index (χ0) is 14.5. The van der Waals surface area contributed by atoms with Crippen molar-refractivity contribution >= 4 is 15.7 Å². The van der Waals surface area contributed by atoms with Crippen molar-refractivity contribution in [1.82, 2.24) is 4.31 Å². The van der Waals surface area contributed by atoms with E-state index in [1.807, 2.05) is 0 Å². The molecule has 0 aromatic heterocycles. The van der Waals surface area contributed by atoms with E-state index in [1.54, 1.807) is 31.2 Å². The van der Waals surface area contributed by atoms with Gasteiger partial charge in [-0.1, -0.05) is 18.2 Å². The number of nitrogens with two attached hydrogens (primary N) is 1. The molecule has 0 amide bonds. The number of sulfonamides is 1. The number of hydrogen-bond acceptors (Lipinski definition) is 4. The molecule has 5 nitrogen and oxygen atoms in total. The summed E-state index contributed by atoms with van der Waals surface area (Å²) >= 11 is 0. The molecule has 0 saturated heterocycles. The van der Waals surface area contributed by atoms with Gasteiger partial charge in [-0.05, 0) is 19.1 Å². The minimum atomic E-state index is -3.32. The largest absolute Gasteiger partial charge is 0.492 e. The summed E-state index contributed by atoms with van der Waals surface area (Å²) in [6.07, 6.45) is 0. The standard InChI is InChI=1S/C13H20N2O3S/c1-11(2)10-15(3)19(16,17)8-7-18-13-6-4-5-12(14)9-13/h4-6,9H,1,7-8,10,14H2,2-3H3. The molecular formula is C13H20N2O3S. The summed E-state index contributed by atoms with van der Waals surface area (Å²) < 4.78 is 30.5. The second kappa shape index (κ2) is 6.58. The molecule has 1 rings (SSSR count). The quantitative estimate of drug-likeness (QED) is 0.608. The highest BCUT2D eigenvalue weighted by Gasteiger charge is 2.17. The van der Waals surface area contributed by atoms with Crippen LogP contribution in [0.1, 0.15) is 6.92 Å². The van der Waals surface area contributed by atoms with Gasteiger partial charge in [-0.15, -0.1) is 0 Å². The first-order chi connectivity index (χ1) is 8.81. The van der Waals surface area contributed by atoms with E-state index in [1.165, 1.54) is 11.4 Å². The lowest BCUT2D eigenvalue weighted by atomic mass is 10.3. The van der Waals surface area contributed by atoms with Crippen LogP contribution in [0.2, 0.25) is 0 Å². The Labute approximate surface area is 114 Å². The maximum atomic E-state index is 11.9. The molecule has 0 heterocycles. The Morgan fingerprint density at radius 2 is 2.16 bits per heavy atom. The summed E-state index contributed by atoms with van der Waals surface area (Å²) in [5.74, 6) is 0.490. The lowest BCUT2D eigenvalue weighted by Crippen LogP contribution is -2.32. The molecule has 19 heavy (non-hydrogen) atoms. The van der Waals surface area contributed by atoms with Crippen molar-refractivity contribution < 1.29 is 13.2 Å². The number of rotatable bonds is 7. The van der Waals surface area contributed by atoms with Crippen molar-refractivity contribution in [3.63, 3.8) is 0 Å². The number of anilines is 1. The minimum absolute atomic E-state index is 0.0778. The predicted molar refractivity (Wildman–Crippen MR) is 77.6 cm³/mol.